The molecule has 1 aromatic heterocycles. The van der Waals surface area contributed by atoms with E-state index in [9.17, 15) is 0 Å². The number of pyridine rings is 1. The second-order valence-electron chi connectivity index (χ2n) is 8.21. The molecule has 0 unspecified atom stereocenters. The molecule has 0 N–H and O–H groups in total. The number of benzene rings is 3. The fraction of sp³-hybridized carbons (Fsp3) is 0.276. The summed E-state index contributed by atoms with van der Waals surface area (Å²) in [4.78, 5) is 7.03. The lowest BCUT2D eigenvalue weighted by atomic mass is 9.93. The van der Waals surface area contributed by atoms with E-state index in [1.165, 1.54) is 58.7 Å². The number of unbranched alkanes of at least 4 members (excludes halogenated alkanes) is 2. The van der Waals surface area contributed by atoms with E-state index in [1.54, 1.807) is 0 Å². The fourth-order valence-corrected chi connectivity index (χ4v) is 4.40. The molecule has 4 aromatic rings. The molecule has 0 saturated carbocycles. The number of hydrogen-bond donors (Lipinski definition) is 0. The lowest BCUT2D eigenvalue weighted by molar-refractivity contribution is 0.678. The average Bonchev–Trinajstić information content (AvgIpc) is 2.82. The largest absolute Gasteiger partial charge is 0.372 e. The summed E-state index contributed by atoms with van der Waals surface area (Å²) in [6, 6.07) is 22.2. The molecule has 0 spiro atoms. The first-order valence-corrected chi connectivity index (χ1v) is 11.5. The molecule has 0 atom stereocenters. The standard InChI is InChI=1S/C29H32N2/c1-4-7-19-31(20-8-5-2)23-15-16-24-22(21-23)11-9-12-25(24)26-13-10-14-28-27(26)17-18-30-29(28)6-3/h6,9-18,21H,3-5,7-8,19-20H2,1-2H3. The van der Waals surface area contributed by atoms with Gasteiger partial charge in [0.1, 0.15) is 0 Å². The maximum atomic E-state index is 4.48. The molecular formula is C29H32N2. The average molecular weight is 409 g/mol. The van der Waals surface area contributed by atoms with Crippen LogP contribution in [0.25, 0.3) is 38.7 Å². The number of rotatable bonds is 9. The summed E-state index contributed by atoms with van der Waals surface area (Å²) in [7, 11) is 0. The van der Waals surface area contributed by atoms with Crippen LogP contribution < -0.4 is 4.90 Å². The Labute approximate surface area is 186 Å². The van der Waals surface area contributed by atoms with E-state index < -0.39 is 0 Å². The van der Waals surface area contributed by atoms with Crippen molar-refractivity contribution in [3.8, 4) is 11.1 Å². The van der Waals surface area contributed by atoms with E-state index in [0.717, 1.165) is 24.2 Å². The molecule has 31 heavy (non-hydrogen) atoms. The van der Waals surface area contributed by atoms with Crippen molar-refractivity contribution in [3.63, 3.8) is 0 Å². The Hall–Kier alpha value is -3.13. The Bertz CT molecular complexity index is 1180. The van der Waals surface area contributed by atoms with E-state index in [1.807, 2.05) is 12.3 Å². The third-order valence-corrected chi connectivity index (χ3v) is 6.11. The summed E-state index contributed by atoms with van der Waals surface area (Å²) >= 11 is 0. The summed E-state index contributed by atoms with van der Waals surface area (Å²) in [5.41, 5.74) is 4.78. The zero-order valence-corrected chi connectivity index (χ0v) is 18.8. The van der Waals surface area contributed by atoms with Crippen LogP contribution >= 0.6 is 0 Å². The maximum absolute atomic E-state index is 4.48. The van der Waals surface area contributed by atoms with Crippen molar-refractivity contribution in [2.24, 2.45) is 0 Å². The van der Waals surface area contributed by atoms with E-state index in [2.05, 4.69) is 91.0 Å². The lowest BCUT2D eigenvalue weighted by Gasteiger charge is -2.25. The van der Waals surface area contributed by atoms with Crippen LogP contribution in [-0.4, -0.2) is 18.1 Å². The maximum Gasteiger partial charge on any atom is 0.0702 e. The summed E-state index contributed by atoms with van der Waals surface area (Å²) in [6.07, 6.45) is 8.63. The molecule has 0 aliphatic carbocycles. The molecule has 0 aliphatic rings. The van der Waals surface area contributed by atoms with Crippen LogP contribution in [0, 0.1) is 0 Å². The Morgan fingerprint density at radius 3 is 2.23 bits per heavy atom. The van der Waals surface area contributed by atoms with Crippen LogP contribution in [-0.2, 0) is 0 Å². The minimum absolute atomic E-state index is 0.935. The van der Waals surface area contributed by atoms with E-state index in [0.29, 0.717) is 0 Å². The molecular weight excluding hydrogens is 376 g/mol. The second-order valence-corrected chi connectivity index (χ2v) is 8.21. The quantitative estimate of drug-likeness (QED) is 0.278. The van der Waals surface area contributed by atoms with Crippen molar-refractivity contribution in [3.05, 3.63) is 79.1 Å². The highest BCUT2D eigenvalue weighted by Crippen LogP contribution is 2.36. The molecule has 0 amide bonds. The van der Waals surface area contributed by atoms with Crippen molar-refractivity contribution in [1.82, 2.24) is 4.98 Å². The lowest BCUT2D eigenvalue weighted by Crippen LogP contribution is -2.25. The van der Waals surface area contributed by atoms with Crippen molar-refractivity contribution < 1.29 is 0 Å². The highest BCUT2D eigenvalue weighted by molar-refractivity contribution is 6.07. The zero-order chi connectivity index (χ0) is 21.6. The minimum atomic E-state index is 0.935. The van der Waals surface area contributed by atoms with Gasteiger partial charge < -0.3 is 4.90 Å². The predicted molar refractivity (Wildman–Crippen MR) is 137 cm³/mol. The van der Waals surface area contributed by atoms with Gasteiger partial charge in [0.25, 0.3) is 0 Å². The van der Waals surface area contributed by atoms with Crippen LogP contribution in [0.15, 0.2) is 73.4 Å². The highest BCUT2D eigenvalue weighted by Gasteiger charge is 2.11. The van der Waals surface area contributed by atoms with Gasteiger partial charge in [-0.2, -0.15) is 0 Å². The van der Waals surface area contributed by atoms with E-state index >= 15 is 0 Å². The first-order valence-electron chi connectivity index (χ1n) is 11.5. The normalized spacial score (nSPS) is 11.2. The Kier molecular flexibility index (Phi) is 6.66. The fourth-order valence-electron chi connectivity index (χ4n) is 4.40. The molecule has 0 bridgehead atoms. The van der Waals surface area contributed by atoms with Gasteiger partial charge in [0, 0.05) is 30.4 Å². The first-order chi connectivity index (χ1) is 15.3. The molecule has 0 saturated heterocycles. The van der Waals surface area contributed by atoms with Crippen molar-refractivity contribution in [1.29, 1.82) is 0 Å². The first kappa shape index (κ1) is 21.1. The zero-order valence-electron chi connectivity index (χ0n) is 18.8. The number of nitrogens with zero attached hydrogens (tertiary/aromatic N) is 2. The molecule has 0 radical (unpaired) electrons. The van der Waals surface area contributed by atoms with Crippen LogP contribution in [0.1, 0.15) is 45.2 Å². The molecule has 4 rings (SSSR count). The highest BCUT2D eigenvalue weighted by atomic mass is 15.1. The molecule has 1 heterocycles. The van der Waals surface area contributed by atoms with Gasteiger partial charge in [0.2, 0.25) is 0 Å². The smallest absolute Gasteiger partial charge is 0.0702 e. The van der Waals surface area contributed by atoms with Crippen LogP contribution in [0.5, 0.6) is 0 Å². The SMILES string of the molecule is C=Cc1nccc2c(-c3cccc4cc(N(CCCC)CCCC)ccc34)cccc12. The van der Waals surface area contributed by atoms with Crippen molar-refractivity contribution in [2.75, 3.05) is 18.0 Å². The summed E-state index contributed by atoms with van der Waals surface area (Å²) < 4.78 is 0. The second kappa shape index (κ2) is 9.78. The molecule has 158 valence electrons. The molecule has 2 heteroatoms. The van der Waals surface area contributed by atoms with Gasteiger partial charge in [-0.15, -0.1) is 0 Å². The van der Waals surface area contributed by atoms with E-state index in [-0.39, 0.29) is 0 Å². The van der Waals surface area contributed by atoms with Gasteiger partial charge in [0.15, 0.2) is 0 Å². The van der Waals surface area contributed by atoms with Gasteiger partial charge in [0.05, 0.1) is 5.69 Å². The third-order valence-electron chi connectivity index (χ3n) is 6.11. The Morgan fingerprint density at radius 2 is 1.52 bits per heavy atom. The summed E-state index contributed by atoms with van der Waals surface area (Å²) in [5.74, 6) is 0. The summed E-state index contributed by atoms with van der Waals surface area (Å²) in [6.45, 7) is 10.7. The van der Waals surface area contributed by atoms with Crippen LogP contribution in [0.3, 0.4) is 0 Å². The predicted octanol–water partition coefficient (Wildman–Crippen LogP) is 8.10. The monoisotopic (exact) mass is 408 g/mol. The van der Waals surface area contributed by atoms with Gasteiger partial charge in [-0.25, -0.2) is 0 Å². The third kappa shape index (κ3) is 4.34. The van der Waals surface area contributed by atoms with Crippen molar-refractivity contribution >= 4 is 33.3 Å². The molecule has 0 aliphatic heterocycles. The van der Waals surface area contributed by atoms with Gasteiger partial charge in [-0.3, -0.25) is 4.98 Å². The van der Waals surface area contributed by atoms with Gasteiger partial charge in [-0.1, -0.05) is 75.7 Å². The minimum Gasteiger partial charge on any atom is -0.372 e. The van der Waals surface area contributed by atoms with Gasteiger partial charge in [-0.05, 0) is 64.4 Å². The van der Waals surface area contributed by atoms with Crippen molar-refractivity contribution in [2.45, 2.75) is 39.5 Å². The van der Waals surface area contributed by atoms with Crippen LogP contribution in [0.4, 0.5) is 5.69 Å². The Morgan fingerprint density at radius 1 is 0.806 bits per heavy atom. The van der Waals surface area contributed by atoms with Crippen LogP contribution in [0.2, 0.25) is 0 Å². The number of fused-ring (bicyclic) bond motifs is 2. The Balaban J connectivity index is 1.81. The summed E-state index contributed by atoms with van der Waals surface area (Å²) in [5, 5.41) is 4.95. The molecule has 0 fully saturated rings. The number of anilines is 1. The van der Waals surface area contributed by atoms with Gasteiger partial charge >= 0.3 is 0 Å². The topological polar surface area (TPSA) is 16.1 Å². The van der Waals surface area contributed by atoms with E-state index in [4.69, 9.17) is 0 Å². The number of aromatic nitrogens is 1. The number of hydrogen-bond acceptors (Lipinski definition) is 2. The molecule has 2 nitrogen and oxygen atoms in total. The molecule has 3 aromatic carbocycles.